The van der Waals surface area contributed by atoms with Gasteiger partial charge in [-0.2, -0.15) is 0 Å². The minimum atomic E-state index is -0.469. The Bertz CT molecular complexity index is 1080. The Morgan fingerprint density at radius 3 is 2.65 bits per heavy atom. The van der Waals surface area contributed by atoms with Crippen molar-refractivity contribution in [3.63, 3.8) is 0 Å². The van der Waals surface area contributed by atoms with Crippen LogP contribution < -0.4 is 14.4 Å². The van der Waals surface area contributed by atoms with Crippen LogP contribution in [-0.4, -0.2) is 49.3 Å². The van der Waals surface area contributed by atoms with E-state index >= 15 is 0 Å². The molecule has 0 radical (unpaired) electrons. The Kier molecular flexibility index (Phi) is 5.99. The molecule has 2 aromatic rings. The van der Waals surface area contributed by atoms with E-state index in [0.29, 0.717) is 23.6 Å². The zero-order valence-electron chi connectivity index (χ0n) is 17.3. The lowest BCUT2D eigenvalue weighted by molar-refractivity contribution is -0.128. The van der Waals surface area contributed by atoms with Crippen molar-refractivity contribution < 1.29 is 23.9 Å². The molecule has 0 saturated carbocycles. The molecule has 31 heavy (non-hydrogen) atoms. The summed E-state index contributed by atoms with van der Waals surface area (Å²) in [6.45, 7) is 0.301. The normalized spacial score (nSPS) is 17.2. The Balaban J connectivity index is 1.52. The molecule has 0 spiro atoms. The molecule has 3 amide bonds. The minimum absolute atomic E-state index is 0.262. The number of ether oxygens (including phenoxy) is 2. The number of aryl methyl sites for hydroxylation is 1. The Morgan fingerprint density at radius 2 is 1.87 bits per heavy atom. The second-order valence-corrected chi connectivity index (χ2v) is 8.15. The average Bonchev–Trinajstić information content (AvgIpc) is 3.05. The number of anilines is 1. The van der Waals surface area contributed by atoms with Crippen LogP contribution in [0.1, 0.15) is 17.5 Å². The van der Waals surface area contributed by atoms with Crippen molar-refractivity contribution in [3.05, 3.63) is 58.5 Å². The second kappa shape index (κ2) is 8.85. The number of fused-ring (bicyclic) bond motifs is 1. The van der Waals surface area contributed by atoms with E-state index in [4.69, 9.17) is 9.47 Å². The number of benzene rings is 2. The number of imide groups is 1. The van der Waals surface area contributed by atoms with Gasteiger partial charge in [0.1, 0.15) is 6.54 Å². The van der Waals surface area contributed by atoms with Gasteiger partial charge in [-0.25, -0.2) is 0 Å². The number of carbonyl (C=O) groups excluding carboxylic acids is 3. The van der Waals surface area contributed by atoms with Gasteiger partial charge in [-0.1, -0.05) is 24.3 Å². The third-order valence-corrected chi connectivity index (χ3v) is 6.19. The number of para-hydroxylation sites is 1. The number of rotatable bonds is 5. The predicted octanol–water partition coefficient (Wildman–Crippen LogP) is 3.72. The first-order valence-electron chi connectivity index (χ1n) is 9.87. The molecule has 0 N–H and O–H groups in total. The van der Waals surface area contributed by atoms with Gasteiger partial charge in [0, 0.05) is 12.2 Å². The zero-order chi connectivity index (χ0) is 22.0. The number of hydrogen-bond donors (Lipinski definition) is 0. The number of methoxy groups -OCH3 is 2. The Labute approximate surface area is 184 Å². The van der Waals surface area contributed by atoms with E-state index in [1.807, 2.05) is 24.3 Å². The van der Waals surface area contributed by atoms with Crippen LogP contribution in [0.2, 0.25) is 0 Å². The third-order valence-electron chi connectivity index (χ3n) is 5.28. The molecule has 2 aliphatic rings. The summed E-state index contributed by atoms with van der Waals surface area (Å²) < 4.78 is 10.5. The summed E-state index contributed by atoms with van der Waals surface area (Å²) in [7, 11) is 3.07. The maximum Gasteiger partial charge on any atom is 0.294 e. The molecule has 7 nitrogen and oxygen atoms in total. The highest BCUT2D eigenvalue weighted by Crippen LogP contribution is 2.35. The van der Waals surface area contributed by atoms with Gasteiger partial charge in [-0.15, -0.1) is 0 Å². The van der Waals surface area contributed by atoms with Crippen molar-refractivity contribution in [1.82, 2.24) is 4.90 Å². The first-order valence-corrected chi connectivity index (χ1v) is 10.7. The number of hydrogen-bond acceptors (Lipinski definition) is 6. The lowest BCUT2D eigenvalue weighted by Gasteiger charge is -2.30. The van der Waals surface area contributed by atoms with Crippen molar-refractivity contribution in [2.24, 2.45) is 0 Å². The molecular formula is C23H22N2O5S. The number of amides is 3. The van der Waals surface area contributed by atoms with Gasteiger partial charge in [-0.3, -0.25) is 19.3 Å². The minimum Gasteiger partial charge on any atom is -0.493 e. The van der Waals surface area contributed by atoms with Gasteiger partial charge in [0.25, 0.3) is 11.1 Å². The maximum absolute atomic E-state index is 12.9. The quantitative estimate of drug-likeness (QED) is 0.663. The molecule has 160 valence electrons. The summed E-state index contributed by atoms with van der Waals surface area (Å²) in [6.07, 6.45) is 3.38. The fraction of sp³-hybridized carbons (Fsp3) is 0.261. The van der Waals surface area contributed by atoms with E-state index < -0.39 is 11.1 Å². The SMILES string of the molecule is COc1ccc(/C=C2\SC(=O)N(CC(=O)N3CCCc4ccccc43)C2=O)cc1OC. The third kappa shape index (κ3) is 4.16. The van der Waals surface area contributed by atoms with E-state index in [-0.39, 0.29) is 17.4 Å². The standard InChI is InChI=1S/C23H22N2O5S/c1-29-18-10-9-15(12-19(18)30-2)13-20-22(27)25(23(28)31-20)14-21(26)24-11-5-7-16-6-3-4-8-17(16)24/h3-4,6,8-10,12-13H,5,7,11,14H2,1-2H3/b20-13-. The van der Waals surface area contributed by atoms with Gasteiger partial charge in [0.05, 0.1) is 19.1 Å². The van der Waals surface area contributed by atoms with Gasteiger partial charge in [0.2, 0.25) is 5.91 Å². The van der Waals surface area contributed by atoms with Crippen molar-refractivity contribution in [2.45, 2.75) is 12.8 Å². The van der Waals surface area contributed by atoms with E-state index in [1.165, 1.54) is 7.11 Å². The fourth-order valence-corrected chi connectivity index (χ4v) is 4.58. The van der Waals surface area contributed by atoms with Crippen molar-refractivity contribution in [3.8, 4) is 11.5 Å². The van der Waals surface area contributed by atoms with E-state index in [9.17, 15) is 14.4 Å². The monoisotopic (exact) mass is 438 g/mol. The first-order chi connectivity index (χ1) is 15.0. The highest BCUT2D eigenvalue weighted by Gasteiger charge is 2.37. The average molecular weight is 439 g/mol. The molecule has 0 atom stereocenters. The highest BCUT2D eigenvalue weighted by molar-refractivity contribution is 8.18. The fourth-order valence-electron chi connectivity index (χ4n) is 3.74. The molecule has 1 saturated heterocycles. The molecular weight excluding hydrogens is 416 g/mol. The maximum atomic E-state index is 12.9. The summed E-state index contributed by atoms with van der Waals surface area (Å²) >= 11 is 0.830. The van der Waals surface area contributed by atoms with E-state index in [0.717, 1.165) is 40.8 Å². The van der Waals surface area contributed by atoms with Crippen molar-refractivity contribution >= 4 is 40.6 Å². The van der Waals surface area contributed by atoms with E-state index in [1.54, 1.807) is 36.3 Å². The van der Waals surface area contributed by atoms with Gasteiger partial charge in [0.15, 0.2) is 11.5 Å². The largest absolute Gasteiger partial charge is 0.493 e. The lowest BCUT2D eigenvalue weighted by Crippen LogP contribution is -2.44. The molecule has 2 aromatic carbocycles. The molecule has 2 heterocycles. The zero-order valence-corrected chi connectivity index (χ0v) is 18.1. The number of carbonyl (C=O) groups is 3. The van der Waals surface area contributed by atoms with Gasteiger partial charge < -0.3 is 14.4 Å². The number of thioether (sulfide) groups is 1. The summed E-state index contributed by atoms with van der Waals surface area (Å²) in [4.78, 5) is 41.2. The molecule has 1 fully saturated rings. The van der Waals surface area contributed by atoms with Crippen molar-refractivity contribution in [2.75, 3.05) is 32.2 Å². The van der Waals surface area contributed by atoms with Crippen LogP contribution in [-0.2, 0) is 16.0 Å². The molecule has 0 aliphatic carbocycles. The molecule has 0 aromatic heterocycles. The second-order valence-electron chi connectivity index (χ2n) is 7.16. The van der Waals surface area contributed by atoms with Gasteiger partial charge in [-0.05, 0) is 60.0 Å². The van der Waals surface area contributed by atoms with Crippen LogP contribution in [0.5, 0.6) is 11.5 Å². The number of nitrogens with zero attached hydrogens (tertiary/aromatic N) is 2. The van der Waals surface area contributed by atoms with Crippen LogP contribution >= 0.6 is 11.8 Å². The van der Waals surface area contributed by atoms with Crippen molar-refractivity contribution in [1.29, 1.82) is 0 Å². The van der Waals surface area contributed by atoms with Crippen LogP contribution in [0.15, 0.2) is 47.4 Å². The van der Waals surface area contributed by atoms with Crippen LogP contribution in [0, 0.1) is 0 Å². The summed E-state index contributed by atoms with van der Waals surface area (Å²) in [5.74, 6) is 0.361. The molecule has 4 rings (SSSR count). The van der Waals surface area contributed by atoms with E-state index in [2.05, 4.69) is 0 Å². The molecule has 8 heteroatoms. The Morgan fingerprint density at radius 1 is 1.10 bits per heavy atom. The summed E-state index contributed by atoms with van der Waals surface area (Å²) in [5, 5.41) is -0.449. The lowest BCUT2D eigenvalue weighted by atomic mass is 10.0. The molecule has 2 aliphatic heterocycles. The van der Waals surface area contributed by atoms with Crippen LogP contribution in [0.25, 0.3) is 6.08 Å². The smallest absolute Gasteiger partial charge is 0.294 e. The summed E-state index contributed by atoms with van der Waals surface area (Å²) in [6, 6.07) is 13.0. The molecule has 0 bridgehead atoms. The molecule has 0 unspecified atom stereocenters. The summed E-state index contributed by atoms with van der Waals surface area (Å²) in [5.41, 5.74) is 2.65. The van der Waals surface area contributed by atoms with Crippen LogP contribution in [0.4, 0.5) is 10.5 Å². The topological polar surface area (TPSA) is 76.2 Å². The predicted molar refractivity (Wildman–Crippen MR) is 119 cm³/mol. The highest BCUT2D eigenvalue weighted by atomic mass is 32.2. The van der Waals surface area contributed by atoms with Gasteiger partial charge >= 0.3 is 0 Å². The van der Waals surface area contributed by atoms with Crippen LogP contribution in [0.3, 0.4) is 0 Å². The Hall–Kier alpha value is -3.26. The first kappa shape index (κ1) is 21.0.